The SMILES string of the molecule is c1ccc(-c2ccccc2N(c2cccc(-c3cccc4ccccc34)c2)c2ccccc2-c2cccc3oc4c5ccccc5ccc4c23)cc1. The Balaban J connectivity index is 1.24. The van der Waals surface area contributed by atoms with E-state index in [0.29, 0.717) is 0 Å². The first-order chi connectivity index (χ1) is 25.8. The standard InChI is InChI=1S/C50H33NO/c1-2-15-35(16-3-1)41-23-8-10-28-46(41)51(38-21-12-20-37(33-38)40-26-13-19-34-17-4-6-22-39(34)40)47-29-11-9-25-43(47)44-27-14-30-48-49(44)45-32-31-36-18-5-7-24-42(36)50(45)52-48/h1-33H. The highest BCUT2D eigenvalue weighted by molar-refractivity contribution is 6.20. The van der Waals surface area contributed by atoms with Gasteiger partial charge in [-0.2, -0.15) is 0 Å². The third kappa shape index (κ3) is 4.96. The van der Waals surface area contributed by atoms with E-state index >= 15 is 0 Å². The molecule has 0 radical (unpaired) electrons. The van der Waals surface area contributed by atoms with Gasteiger partial charge in [-0.1, -0.05) is 164 Å². The van der Waals surface area contributed by atoms with Gasteiger partial charge in [0.15, 0.2) is 0 Å². The van der Waals surface area contributed by atoms with Crippen molar-refractivity contribution in [1.82, 2.24) is 0 Å². The second-order valence-electron chi connectivity index (χ2n) is 13.3. The van der Waals surface area contributed by atoms with Gasteiger partial charge in [0.2, 0.25) is 0 Å². The molecule has 52 heavy (non-hydrogen) atoms. The highest BCUT2D eigenvalue weighted by atomic mass is 16.3. The Kier molecular flexibility index (Phi) is 7.18. The van der Waals surface area contributed by atoms with E-state index in [9.17, 15) is 0 Å². The second kappa shape index (κ2) is 12.5. The van der Waals surface area contributed by atoms with Crippen LogP contribution in [0.25, 0.3) is 76.9 Å². The number of para-hydroxylation sites is 2. The van der Waals surface area contributed by atoms with E-state index in [0.717, 1.165) is 61.1 Å². The monoisotopic (exact) mass is 663 g/mol. The van der Waals surface area contributed by atoms with Crippen molar-refractivity contribution in [2.24, 2.45) is 0 Å². The van der Waals surface area contributed by atoms with E-state index in [-0.39, 0.29) is 0 Å². The minimum absolute atomic E-state index is 0.882. The van der Waals surface area contributed by atoms with Crippen molar-refractivity contribution in [2.75, 3.05) is 4.90 Å². The van der Waals surface area contributed by atoms with Gasteiger partial charge in [0.25, 0.3) is 0 Å². The maximum Gasteiger partial charge on any atom is 0.143 e. The molecule has 0 aliphatic rings. The van der Waals surface area contributed by atoms with Gasteiger partial charge in [-0.25, -0.2) is 0 Å². The predicted molar refractivity (Wildman–Crippen MR) is 220 cm³/mol. The molecular formula is C50H33NO. The van der Waals surface area contributed by atoms with E-state index in [4.69, 9.17) is 4.42 Å². The number of hydrogen-bond donors (Lipinski definition) is 0. The zero-order valence-electron chi connectivity index (χ0n) is 28.4. The molecule has 10 aromatic rings. The predicted octanol–water partition coefficient (Wildman–Crippen LogP) is 14.4. The van der Waals surface area contributed by atoms with Gasteiger partial charge in [-0.3, -0.25) is 0 Å². The number of hydrogen-bond acceptors (Lipinski definition) is 2. The molecule has 0 spiro atoms. The minimum Gasteiger partial charge on any atom is -0.455 e. The van der Waals surface area contributed by atoms with Crippen molar-refractivity contribution in [3.05, 3.63) is 200 Å². The van der Waals surface area contributed by atoms with Gasteiger partial charge < -0.3 is 9.32 Å². The van der Waals surface area contributed by atoms with Crippen LogP contribution in [-0.2, 0) is 0 Å². The molecule has 0 N–H and O–H groups in total. The van der Waals surface area contributed by atoms with Crippen LogP contribution in [-0.4, -0.2) is 0 Å². The number of fused-ring (bicyclic) bond motifs is 6. The Labute approximate surface area is 302 Å². The number of furan rings is 1. The molecule has 0 amide bonds. The second-order valence-corrected chi connectivity index (χ2v) is 13.3. The maximum atomic E-state index is 6.66. The average Bonchev–Trinajstić information content (AvgIpc) is 3.61. The van der Waals surface area contributed by atoms with Crippen LogP contribution in [0.3, 0.4) is 0 Å². The van der Waals surface area contributed by atoms with Crippen molar-refractivity contribution in [1.29, 1.82) is 0 Å². The van der Waals surface area contributed by atoms with Gasteiger partial charge in [0, 0.05) is 33.0 Å². The Morgan fingerprint density at radius 3 is 1.77 bits per heavy atom. The molecule has 1 aromatic heterocycles. The molecule has 0 aliphatic heterocycles. The van der Waals surface area contributed by atoms with Crippen LogP contribution in [0.2, 0.25) is 0 Å². The van der Waals surface area contributed by atoms with E-state index < -0.39 is 0 Å². The van der Waals surface area contributed by atoms with Gasteiger partial charge in [-0.15, -0.1) is 0 Å². The molecule has 1 heterocycles. The first-order valence-corrected chi connectivity index (χ1v) is 17.8. The summed E-state index contributed by atoms with van der Waals surface area (Å²) >= 11 is 0. The molecule has 10 rings (SSSR count). The fourth-order valence-corrected chi connectivity index (χ4v) is 7.90. The van der Waals surface area contributed by atoms with Gasteiger partial charge in [-0.05, 0) is 74.8 Å². The van der Waals surface area contributed by atoms with Crippen molar-refractivity contribution in [3.63, 3.8) is 0 Å². The van der Waals surface area contributed by atoms with Gasteiger partial charge >= 0.3 is 0 Å². The van der Waals surface area contributed by atoms with Crippen LogP contribution in [0.5, 0.6) is 0 Å². The summed E-state index contributed by atoms with van der Waals surface area (Å²) in [6.07, 6.45) is 0. The van der Waals surface area contributed by atoms with Gasteiger partial charge in [0.1, 0.15) is 11.2 Å². The van der Waals surface area contributed by atoms with Crippen LogP contribution in [0.1, 0.15) is 0 Å². The number of rotatable bonds is 6. The Hall–Kier alpha value is -6.90. The molecule has 0 fully saturated rings. The lowest BCUT2D eigenvalue weighted by Gasteiger charge is -2.30. The molecule has 0 aliphatic carbocycles. The maximum absolute atomic E-state index is 6.66. The quantitative estimate of drug-likeness (QED) is 0.176. The summed E-state index contributed by atoms with van der Waals surface area (Å²) < 4.78 is 6.66. The van der Waals surface area contributed by atoms with Crippen molar-refractivity contribution >= 4 is 60.5 Å². The number of nitrogens with zero attached hydrogens (tertiary/aromatic N) is 1. The van der Waals surface area contributed by atoms with Crippen LogP contribution >= 0.6 is 0 Å². The molecule has 0 atom stereocenters. The number of anilines is 3. The summed E-state index contributed by atoms with van der Waals surface area (Å²) in [5, 5.41) is 7.01. The first-order valence-electron chi connectivity index (χ1n) is 17.8. The summed E-state index contributed by atoms with van der Waals surface area (Å²) in [4.78, 5) is 2.43. The van der Waals surface area contributed by atoms with E-state index in [1.165, 1.54) is 32.8 Å². The summed E-state index contributed by atoms with van der Waals surface area (Å²) in [6.45, 7) is 0. The fourth-order valence-electron chi connectivity index (χ4n) is 7.90. The summed E-state index contributed by atoms with van der Waals surface area (Å²) in [5.41, 5.74) is 12.0. The zero-order valence-corrected chi connectivity index (χ0v) is 28.4. The molecule has 2 nitrogen and oxygen atoms in total. The lowest BCUT2D eigenvalue weighted by Crippen LogP contribution is -2.12. The van der Waals surface area contributed by atoms with Crippen molar-refractivity contribution in [2.45, 2.75) is 0 Å². The van der Waals surface area contributed by atoms with Crippen LogP contribution in [0.15, 0.2) is 205 Å². The Morgan fingerprint density at radius 2 is 0.923 bits per heavy atom. The van der Waals surface area contributed by atoms with Crippen molar-refractivity contribution < 1.29 is 4.42 Å². The summed E-state index contributed by atoms with van der Waals surface area (Å²) in [6, 6.07) is 71.7. The highest BCUT2D eigenvalue weighted by Gasteiger charge is 2.23. The van der Waals surface area contributed by atoms with E-state index in [1.807, 2.05) is 0 Å². The zero-order chi connectivity index (χ0) is 34.4. The van der Waals surface area contributed by atoms with E-state index in [2.05, 4.69) is 205 Å². The fraction of sp³-hybridized carbons (Fsp3) is 0. The van der Waals surface area contributed by atoms with Crippen molar-refractivity contribution in [3.8, 4) is 33.4 Å². The summed E-state index contributed by atoms with van der Waals surface area (Å²) in [5.74, 6) is 0. The topological polar surface area (TPSA) is 16.4 Å². The molecule has 0 unspecified atom stereocenters. The third-order valence-electron chi connectivity index (χ3n) is 10.3. The summed E-state index contributed by atoms with van der Waals surface area (Å²) in [7, 11) is 0. The third-order valence-corrected chi connectivity index (χ3v) is 10.3. The lowest BCUT2D eigenvalue weighted by molar-refractivity contribution is 0.673. The smallest absolute Gasteiger partial charge is 0.143 e. The Bertz CT molecular complexity index is 2910. The minimum atomic E-state index is 0.882. The molecule has 0 saturated carbocycles. The highest BCUT2D eigenvalue weighted by Crippen LogP contribution is 2.48. The van der Waals surface area contributed by atoms with Crippen LogP contribution in [0.4, 0.5) is 17.1 Å². The van der Waals surface area contributed by atoms with Crippen LogP contribution < -0.4 is 4.90 Å². The molecule has 2 heteroatoms. The van der Waals surface area contributed by atoms with E-state index in [1.54, 1.807) is 0 Å². The van der Waals surface area contributed by atoms with Crippen LogP contribution in [0, 0.1) is 0 Å². The largest absolute Gasteiger partial charge is 0.455 e. The molecular weight excluding hydrogens is 631 g/mol. The normalized spacial score (nSPS) is 11.5. The molecule has 0 bridgehead atoms. The first kappa shape index (κ1) is 30.0. The Morgan fingerprint density at radius 1 is 0.346 bits per heavy atom. The lowest BCUT2D eigenvalue weighted by atomic mass is 9.94. The number of benzene rings is 9. The molecule has 0 saturated heterocycles. The average molecular weight is 664 g/mol. The van der Waals surface area contributed by atoms with Gasteiger partial charge in [0.05, 0.1) is 11.4 Å². The molecule has 244 valence electrons. The molecule has 9 aromatic carbocycles.